The lowest BCUT2D eigenvalue weighted by Crippen LogP contribution is -2.35. The molecule has 0 aliphatic carbocycles. The van der Waals surface area contributed by atoms with E-state index in [2.05, 4.69) is 20.5 Å². The van der Waals surface area contributed by atoms with Crippen molar-refractivity contribution >= 4 is 46.3 Å². The molecule has 7 rings (SSSR count). The number of pyridine rings is 1. The summed E-state index contributed by atoms with van der Waals surface area (Å²) in [6.45, 7) is 5.49. The van der Waals surface area contributed by atoms with Crippen LogP contribution in [0.2, 0.25) is 5.02 Å². The summed E-state index contributed by atoms with van der Waals surface area (Å²) in [7, 11) is 0. The average Bonchev–Trinajstić information content (AvgIpc) is 3.59. The topological polar surface area (TPSA) is 162 Å². The molecule has 4 N–H and O–H groups in total. The zero-order chi connectivity index (χ0) is 34.3. The van der Waals surface area contributed by atoms with Crippen LogP contribution in [0, 0.1) is 0 Å². The molecule has 14 heteroatoms. The Kier molecular flexibility index (Phi) is 9.46. The minimum Gasteiger partial charge on any atom is -0.480 e. The van der Waals surface area contributed by atoms with Gasteiger partial charge in [0.25, 0.3) is 5.79 Å². The summed E-state index contributed by atoms with van der Waals surface area (Å²) in [6, 6.07) is 12.1. The Balaban J connectivity index is 1.08. The molecular weight excluding hydrogens is 670 g/mol. The van der Waals surface area contributed by atoms with E-state index >= 15 is 0 Å². The second kappa shape index (κ2) is 13.8. The Labute approximate surface area is 292 Å². The lowest BCUT2D eigenvalue weighted by Gasteiger charge is -2.33. The molecule has 0 saturated carbocycles. The van der Waals surface area contributed by atoms with Crippen LogP contribution in [0.25, 0.3) is 11.0 Å². The first-order valence-electron chi connectivity index (χ1n) is 16.4. The number of ether oxygens (including phenoxy) is 3. The van der Waals surface area contributed by atoms with Crippen molar-refractivity contribution in [3.63, 3.8) is 0 Å². The van der Waals surface area contributed by atoms with Crippen LogP contribution in [0.3, 0.4) is 0 Å². The maximum Gasteiger partial charge on any atom is 0.336 e. The number of para-hydroxylation sites is 1. The van der Waals surface area contributed by atoms with Crippen LogP contribution < -0.4 is 15.2 Å². The number of benzene rings is 2. The first-order chi connectivity index (χ1) is 23.6. The second-order valence-corrected chi connectivity index (χ2v) is 14.4. The van der Waals surface area contributed by atoms with Gasteiger partial charge < -0.3 is 34.7 Å². The van der Waals surface area contributed by atoms with E-state index in [4.69, 9.17) is 41.6 Å². The highest BCUT2D eigenvalue weighted by Gasteiger charge is 2.42. The van der Waals surface area contributed by atoms with Crippen molar-refractivity contribution in [1.82, 2.24) is 19.4 Å². The fraction of sp³-hybridized carbons (Fsp3) is 0.429. The van der Waals surface area contributed by atoms with Gasteiger partial charge in [0.05, 0.1) is 40.8 Å². The highest BCUT2D eigenvalue weighted by Crippen LogP contribution is 2.49. The number of fused-ring (bicyclic) bond motifs is 2. The van der Waals surface area contributed by atoms with Crippen molar-refractivity contribution in [1.29, 1.82) is 0 Å². The van der Waals surface area contributed by atoms with Gasteiger partial charge in [0, 0.05) is 36.8 Å². The number of rotatable bonds is 12. The highest BCUT2D eigenvalue weighted by molar-refractivity contribution is 7.98. The number of aliphatic carboxylic acids is 1. The van der Waals surface area contributed by atoms with Crippen molar-refractivity contribution in [2.75, 3.05) is 25.4 Å². The number of nitrogens with zero attached hydrogens (tertiary/aromatic N) is 4. The van der Waals surface area contributed by atoms with E-state index in [0.717, 1.165) is 55.0 Å². The molecule has 258 valence electrons. The molecule has 49 heavy (non-hydrogen) atoms. The maximum atomic E-state index is 12.3. The summed E-state index contributed by atoms with van der Waals surface area (Å²) in [6.07, 6.45) is 4.43. The van der Waals surface area contributed by atoms with E-state index in [1.54, 1.807) is 18.3 Å². The zero-order valence-corrected chi connectivity index (χ0v) is 28.6. The molecule has 0 radical (unpaired) electrons. The van der Waals surface area contributed by atoms with E-state index in [1.165, 1.54) is 11.8 Å². The van der Waals surface area contributed by atoms with Gasteiger partial charge in [0.1, 0.15) is 17.6 Å². The number of halogens is 1. The van der Waals surface area contributed by atoms with E-state index in [9.17, 15) is 14.7 Å². The van der Waals surface area contributed by atoms with Crippen LogP contribution in [0.4, 0.5) is 0 Å². The number of carboxylic acid groups (broad SMARTS) is 2. The van der Waals surface area contributed by atoms with Gasteiger partial charge in [0.2, 0.25) is 0 Å². The normalized spacial score (nSPS) is 21.5. The first-order valence-corrected chi connectivity index (χ1v) is 17.9. The van der Waals surface area contributed by atoms with Crippen molar-refractivity contribution in [2.24, 2.45) is 5.73 Å². The number of piperidine rings is 1. The van der Waals surface area contributed by atoms with Crippen LogP contribution in [0.1, 0.15) is 65.1 Å². The largest absolute Gasteiger partial charge is 0.480 e. The van der Waals surface area contributed by atoms with E-state index in [-0.39, 0.29) is 23.3 Å². The third kappa shape index (κ3) is 6.95. The summed E-state index contributed by atoms with van der Waals surface area (Å²) in [4.78, 5) is 35.3. The molecule has 0 amide bonds. The predicted octanol–water partition coefficient (Wildman–Crippen LogP) is 5.24. The van der Waals surface area contributed by atoms with E-state index in [0.29, 0.717) is 53.0 Å². The number of hydrogen-bond acceptors (Lipinski definition) is 10. The lowest BCUT2D eigenvalue weighted by molar-refractivity contribution is -0.137. The predicted molar refractivity (Wildman–Crippen MR) is 184 cm³/mol. The van der Waals surface area contributed by atoms with Gasteiger partial charge >= 0.3 is 11.9 Å². The molecule has 2 aromatic carbocycles. The molecule has 2 fully saturated rings. The van der Waals surface area contributed by atoms with Crippen molar-refractivity contribution in [2.45, 2.75) is 68.9 Å². The number of carboxylic acids is 2. The quantitative estimate of drug-likeness (QED) is 0.176. The molecule has 4 aromatic rings. The second-order valence-electron chi connectivity index (χ2n) is 12.9. The number of thioether (sulfide) groups is 1. The Morgan fingerprint density at radius 2 is 1.94 bits per heavy atom. The number of likely N-dealkylation sites (tertiary alicyclic amines) is 1. The van der Waals surface area contributed by atoms with Gasteiger partial charge in [-0.2, -0.15) is 11.8 Å². The van der Waals surface area contributed by atoms with Crippen LogP contribution in [-0.2, 0) is 34.2 Å². The van der Waals surface area contributed by atoms with Crippen LogP contribution in [-0.4, -0.2) is 79.2 Å². The minimum absolute atomic E-state index is 0.0547. The molecule has 3 aliphatic rings. The molecule has 3 atom stereocenters. The SMILES string of the molecule is C[C@]1(c2ccc(Cl)cn2)Oc2cccc(C3CCN(Cc4nc5cc(CSC[C@H](N)C(=O)O)c(C(=O)O)cc5n4CC4CCO4)CC3)c2O1. The van der Waals surface area contributed by atoms with Gasteiger partial charge in [0.15, 0.2) is 11.5 Å². The fourth-order valence-electron chi connectivity index (χ4n) is 6.73. The molecule has 5 heterocycles. The Bertz CT molecular complexity index is 1880. The zero-order valence-electron chi connectivity index (χ0n) is 27.0. The Hall–Kier alpha value is -3.88. The Morgan fingerprint density at radius 3 is 2.61 bits per heavy atom. The molecule has 1 unspecified atom stereocenters. The third-order valence-electron chi connectivity index (χ3n) is 9.53. The summed E-state index contributed by atoms with van der Waals surface area (Å²) >= 11 is 7.35. The number of hydrogen-bond donors (Lipinski definition) is 3. The molecular formula is C35H38ClN5O7S. The van der Waals surface area contributed by atoms with Crippen LogP contribution in [0.15, 0.2) is 48.7 Å². The lowest BCUT2D eigenvalue weighted by atomic mass is 9.88. The van der Waals surface area contributed by atoms with Crippen molar-refractivity contribution < 1.29 is 34.0 Å². The first kappa shape index (κ1) is 33.6. The summed E-state index contributed by atoms with van der Waals surface area (Å²) < 4.78 is 20.6. The monoisotopic (exact) mass is 707 g/mol. The molecule has 0 bridgehead atoms. The van der Waals surface area contributed by atoms with Gasteiger partial charge in [-0.25, -0.2) is 9.78 Å². The van der Waals surface area contributed by atoms with Crippen LogP contribution in [0.5, 0.6) is 11.5 Å². The van der Waals surface area contributed by atoms with E-state index < -0.39 is 23.8 Å². The van der Waals surface area contributed by atoms with E-state index in [1.807, 2.05) is 31.2 Å². The number of aromatic carboxylic acids is 1. The number of imidazole rings is 1. The molecule has 2 aromatic heterocycles. The highest BCUT2D eigenvalue weighted by atomic mass is 35.5. The summed E-state index contributed by atoms with van der Waals surface area (Å²) in [5, 5.41) is 19.8. The van der Waals surface area contributed by atoms with Crippen LogP contribution >= 0.6 is 23.4 Å². The van der Waals surface area contributed by atoms with Gasteiger partial charge in [-0.15, -0.1) is 0 Å². The van der Waals surface area contributed by atoms with Gasteiger partial charge in [-0.3, -0.25) is 14.7 Å². The molecule has 12 nitrogen and oxygen atoms in total. The standard InChI is InChI=1S/C35H38ClN5O7S/c1-35(30-6-5-22(36)15-38-30)47-29-4-2-3-24(32(29)48-35)20-7-10-40(11-8-20)17-31-39-27-13-21(18-49-19-26(37)34(44)45)25(33(42)43)14-28(27)41(31)16-23-9-12-46-23/h2-6,13-15,20,23,26H,7-12,16-19,37H2,1H3,(H,42,43)(H,44,45)/t23?,26-,35-/m0/s1. The van der Waals surface area contributed by atoms with Crippen molar-refractivity contribution in [3.8, 4) is 11.5 Å². The average molecular weight is 708 g/mol. The fourth-order valence-corrected chi connectivity index (χ4v) is 7.81. The maximum absolute atomic E-state index is 12.3. The molecule has 0 spiro atoms. The molecule has 2 saturated heterocycles. The van der Waals surface area contributed by atoms with Gasteiger partial charge in [-0.1, -0.05) is 23.7 Å². The number of aromatic nitrogens is 3. The number of carbonyl (C=O) groups is 2. The molecule has 3 aliphatic heterocycles. The number of nitrogens with two attached hydrogens (primary N) is 1. The Morgan fingerprint density at radius 1 is 1.14 bits per heavy atom. The summed E-state index contributed by atoms with van der Waals surface area (Å²) in [5.41, 5.74) is 9.66. The minimum atomic E-state index is -1.09. The van der Waals surface area contributed by atoms with Gasteiger partial charge in [-0.05, 0) is 74.2 Å². The van der Waals surface area contributed by atoms with Crippen molar-refractivity contribution in [3.05, 3.63) is 81.9 Å². The third-order valence-corrected chi connectivity index (χ3v) is 10.9. The summed E-state index contributed by atoms with van der Waals surface area (Å²) in [5.74, 6) is -0.0775. The smallest absolute Gasteiger partial charge is 0.336 e.